The maximum absolute atomic E-state index is 11.5. The minimum atomic E-state index is -1.38. The van der Waals surface area contributed by atoms with E-state index < -0.39 is 36.9 Å². The van der Waals surface area contributed by atoms with Crippen LogP contribution in [0, 0.1) is 0 Å². The van der Waals surface area contributed by atoms with Crippen molar-refractivity contribution in [3.63, 3.8) is 0 Å². The molecule has 0 spiro atoms. The van der Waals surface area contributed by atoms with E-state index >= 15 is 0 Å². The monoisotopic (exact) mass is 279 g/mol. The summed E-state index contributed by atoms with van der Waals surface area (Å²) in [4.78, 5) is 15.6. The van der Waals surface area contributed by atoms with Crippen molar-refractivity contribution in [3.05, 3.63) is 22.7 Å². The third-order valence-electron chi connectivity index (χ3n) is 2.29. The fraction of sp³-hybridized carbons (Fsp3) is 0.556. The molecule has 1 aliphatic rings. The number of halogens is 1. The van der Waals surface area contributed by atoms with E-state index in [2.05, 4.69) is 14.7 Å². The van der Waals surface area contributed by atoms with Crippen molar-refractivity contribution >= 4 is 5.82 Å². The highest BCUT2D eigenvalue weighted by molar-refractivity contribution is 5.27. The molecule has 0 amide bonds. The van der Waals surface area contributed by atoms with E-state index in [0.29, 0.717) is 0 Å². The van der Waals surface area contributed by atoms with Gasteiger partial charge >= 0.3 is 5.69 Å². The Morgan fingerprint density at radius 1 is 1.42 bits per heavy atom. The second-order valence-electron chi connectivity index (χ2n) is 3.61. The average molecular weight is 279 g/mol. The lowest BCUT2D eigenvalue weighted by Crippen LogP contribution is -2.33. The first-order valence-electron chi connectivity index (χ1n) is 5.22. The molecule has 19 heavy (non-hydrogen) atoms. The predicted molar refractivity (Wildman–Crippen MR) is 59.6 cm³/mol. The normalized spacial score (nSPS) is 29.5. The van der Waals surface area contributed by atoms with Gasteiger partial charge in [-0.2, -0.15) is 0 Å². The van der Waals surface area contributed by atoms with Crippen molar-refractivity contribution in [2.75, 3.05) is 12.1 Å². The van der Waals surface area contributed by atoms with Crippen LogP contribution < -0.4 is 11.2 Å². The summed E-state index contributed by atoms with van der Waals surface area (Å²) < 4.78 is 16.0. The Morgan fingerprint density at radius 2 is 2.11 bits per heavy atom. The van der Waals surface area contributed by atoms with Crippen molar-refractivity contribution in [2.24, 2.45) is 0 Å². The Balaban J connectivity index is 0.000000191. The van der Waals surface area contributed by atoms with Gasteiger partial charge in [-0.25, -0.2) is 15.3 Å². The van der Waals surface area contributed by atoms with Crippen LogP contribution in [-0.2, 0) is 4.74 Å². The number of hydrogen-bond donors (Lipinski definition) is 6. The average Bonchev–Trinajstić information content (AvgIpc) is 2.66. The quantitative estimate of drug-likeness (QED) is 0.325. The van der Waals surface area contributed by atoms with Gasteiger partial charge in [0.2, 0.25) is 0 Å². The molecule has 1 saturated heterocycles. The van der Waals surface area contributed by atoms with E-state index in [1.54, 1.807) is 0 Å². The second kappa shape index (κ2) is 7.11. The van der Waals surface area contributed by atoms with Crippen LogP contribution in [0.1, 0.15) is 0 Å². The fourth-order valence-corrected chi connectivity index (χ4v) is 1.30. The van der Waals surface area contributed by atoms with E-state index in [-0.39, 0.29) is 5.82 Å². The first kappa shape index (κ1) is 15.5. The number of ether oxygens (including phenoxy) is 1. The molecule has 0 aromatic carbocycles. The Kier molecular flexibility index (Phi) is 5.79. The van der Waals surface area contributed by atoms with Gasteiger partial charge in [0.1, 0.15) is 24.1 Å². The van der Waals surface area contributed by atoms with Gasteiger partial charge in [-0.05, 0) is 6.07 Å². The molecule has 2 heterocycles. The first-order chi connectivity index (χ1) is 8.99. The molecule has 0 saturated carbocycles. The summed E-state index contributed by atoms with van der Waals surface area (Å²) in [6.45, 7) is -0.407. The minimum absolute atomic E-state index is 0.00926. The molecule has 1 aromatic heterocycles. The van der Waals surface area contributed by atoms with Gasteiger partial charge in [0.15, 0.2) is 6.29 Å². The third kappa shape index (κ3) is 4.22. The maximum atomic E-state index is 11.5. The molecule has 1 aromatic rings. The topological polar surface area (TPSA) is 148 Å². The number of aliphatic hydroxyl groups is 4. The van der Waals surface area contributed by atoms with Crippen LogP contribution in [0.3, 0.4) is 0 Å². The standard InChI is InChI=1S/C5H10O5.C4H4FN3O/c6-1-2-3(7)4(8)5(9)10-2;5-8-3-1-2-6-4(9)7-3/h2-9H,1H2;1-2H,(H2,6,7,8,9)/t2-,3-,4+,5?;/m1./s1. The highest BCUT2D eigenvalue weighted by Gasteiger charge is 2.41. The number of rotatable bonds is 2. The highest BCUT2D eigenvalue weighted by Crippen LogP contribution is 2.18. The molecule has 0 bridgehead atoms. The molecule has 1 fully saturated rings. The van der Waals surface area contributed by atoms with Gasteiger partial charge in [-0.15, -0.1) is 4.48 Å². The maximum Gasteiger partial charge on any atom is 0.346 e. The van der Waals surface area contributed by atoms with Crippen LogP contribution in [0.15, 0.2) is 17.1 Å². The summed E-state index contributed by atoms with van der Waals surface area (Å²) in [5.74, 6) is 0.00926. The molecule has 9 nitrogen and oxygen atoms in total. The number of aliphatic hydroxyl groups excluding tert-OH is 4. The van der Waals surface area contributed by atoms with Crippen molar-refractivity contribution in [1.82, 2.24) is 9.97 Å². The zero-order valence-electron chi connectivity index (χ0n) is 9.60. The van der Waals surface area contributed by atoms with Gasteiger partial charge in [0.05, 0.1) is 6.61 Å². The molecule has 6 N–H and O–H groups in total. The smallest absolute Gasteiger partial charge is 0.346 e. The highest BCUT2D eigenvalue weighted by atomic mass is 19.2. The van der Waals surface area contributed by atoms with E-state index in [1.165, 1.54) is 17.8 Å². The zero-order valence-corrected chi connectivity index (χ0v) is 9.60. The van der Waals surface area contributed by atoms with Crippen LogP contribution in [-0.4, -0.2) is 61.6 Å². The van der Waals surface area contributed by atoms with Crippen molar-refractivity contribution < 1.29 is 29.6 Å². The lowest BCUT2D eigenvalue weighted by atomic mass is 10.1. The molecule has 4 atom stereocenters. The van der Waals surface area contributed by atoms with Crippen molar-refractivity contribution in [1.29, 1.82) is 0 Å². The number of anilines is 1. The Bertz CT molecular complexity index is 444. The molecular weight excluding hydrogens is 265 g/mol. The third-order valence-corrected chi connectivity index (χ3v) is 2.29. The van der Waals surface area contributed by atoms with E-state index in [0.717, 1.165) is 0 Å². The Morgan fingerprint density at radius 3 is 2.42 bits per heavy atom. The van der Waals surface area contributed by atoms with E-state index in [4.69, 9.17) is 20.4 Å². The van der Waals surface area contributed by atoms with Gasteiger partial charge in [-0.1, -0.05) is 0 Å². The number of aromatic nitrogens is 2. The fourth-order valence-electron chi connectivity index (χ4n) is 1.30. The van der Waals surface area contributed by atoms with Crippen LogP contribution in [0.5, 0.6) is 0 Å². The number of H-pyrrole nitrogens is 1. The summed E-state index contributed by atoms with van der Waals surface area (Å²) in [5, 5.41) is 35.0. The van der Waals surface area contributed by atoms with Gasteiger partial charge < -0.3 is 25.2 Å². The molecule has 10 heteroatoms. The van der Waals surface area contributed by atoms with E-state index in [9.17, 15) is 9.28 Å². The lowest BCUT2D eigenvalue weighted by Gasteiger charge is -2.09. The summed E-state index contributed by atoms with van der Waals surface area (Å²) >= 11 is 0. The summed E-state index contributed by atoms with van der Waals surface area (Å²) in [6, 6.07) is 1.31. The van der Waals surface area contributed by atoms with Gasteiger partial charge in [-0.3, -0.25) is 4.98 Å². The van der Waals surface area contributed by atoms with Gasteiger partial charge in [0, 0.05) is 6.20 Å². The Labute approximate surface area is 106 Å². The number of nitrogens with one attached hydrogen (secondary N) is 2. The molecule has 108 valence electrons. The predicted octanol–water partition coefficient (Wildman–Crippen LogP) is -2.52. The van der Waals surface area contributed by atoms with E-state index in [1.807, 2.05) is 0 Å². The van der Waals surface area contributed by atoms with Crippen LogP contribution in [0.25, 0.3) is 0 Å². The summed E-state index contributed by atoms with van der Waals surface area (Å²) in [5.41, 5.74) is 0.701. The molecule has 1 unspecified atom stereocenters. The zero-order chi connectivity index (χ0) is 14.4. The first-order valence-corrected chi connectivity index (χ1v) is 5.22. The lowest BCUT2D eigenvalue weighted by molar-refractivity contribution is -0.132. The molecule has 0 radical (unpaired) electrons. The van der Waals surface area contributed by atoms with Crippen molar-refractivity contribution in [3.8, 4) is 0 Å². The second-order valence-corrected chi connectivity index (χ2v) is 3.61. The number of nitrogens with zero attached hydrogens (tertiary/aromatic N) is 1. The van der Waals surface area contributed by atoms with Crippen LogP contribution in [0.2, 0.25) is 0 Å². The summed E-state index contributed by atoms with van der Waals surface area (Å²) in [7, 11) is 0. The number of aromatic amines is 1. The number of hydrogen-bond acceptors (Lipinski definition) is 8. The largest absolute Gasteiger partial charge is 0.394 e. The van der Waals surface area contributed by atoms with Gasteiger partial charge in [0.25, 0.3) is 0 Å². The van der Waals surface area contributed by atoms with Crippen LogP contribution in [0.4, 0.5) is 10.3 Å². The van der Waals surface area contributed by atoms with Crippen molar-refractivity contribution in [2.45, 2.75) is 24.6 Å². The molecular formula is C9H14FN3O6. The molecule has 0 aliphatic carbocycles. The summed E-state index contributed by atoms with van der Waals surface area (Å²) in [6.07, 6.45) is -3.55. The SMILES string of the molecule is O=c1nccc(NF)[nH]1.OC[C@H]1OC(O)[C@@H](O)[C@@H]1O. The van der Waals surface area contributed by atoms with Crippen LogP contribution >= 0.6 is 0 Å². The minimum Gasteiger partial charge on any atom is -0.394 e. The Hall–Kier alpha value is -1.59. The molecule has 2 rings (SSSR count). The molecule has 1 aliphatic heterocycles.